The van der Waals surface area contributed by atoms with Crippen molar-refractivity contribution in [2.75, 3.05) is 53.0 Å². The number of fused-ring (bicyclic) bond motifs is 2. The second-order valence-corrected chi connectivity index (χ2v) is 14.7. The molecule has 278 valence electrons. The Balaban J connectivity index is 1.28. The van der Waals surface area contributed by atoms with Gasteiger partial charge in [0, 0.05) is 88.5 Å². The minimum atomic E-state index is -0.412. The Morgan fingerprint density at radius 3 is 2.36 bits per heavy atom. The molecule has 1 atom stereocenters. The molecule has 0 spiro atoms. The van der Waals surface area contributed by atoms with Crippen molar-refractivity contribution in [2.45, 2.75) is 58.7 Å². The van der Waals surface area contributed by atoms with Gasteiger partial charge in [-0.3, -0.25) is 14.5 Å². The molecule has 4 aromatic rings. The predicted octanol–water partition coefficient (Wildman–Crippen LogP) is 6.33. The number of amides is 3. The van der Waals surface area contributed by atoms with Crippen LogP contribution in [0.5, 0.6) is 5.75 Å². The van der Waals surface area contributed by atoms with Crippen molar-refractivity contribution in [1.82, 2.24) is 24.2 Å². The maximum absolute atomic E-state index is 15.3. The monoisotopic (exact) mass is 717 g/mol. The Morgan fingerprint density at radius 2 is 1.60 bits per heavy atom. The van der Waals surface area contributed by atoms with E-state index in [-0.39, 0.29) is 17.9 Å². The van der Waals surface area contributed by atoms with Crippen LogP contribution in [0.3, 0.4) is 0 Å². The van der Waals surface area contributed by atoms with Gasteiger partial charge in [-0.1, -0.05) is 55.8 Å². The zero-order chi connectivity index (χ0) is 37.1. The molecule has 3 aliphatic heterocycles. The largest absolute Gasteiger partial charge is 0.415 e. The fourth-order valence-corrected chi connectivity index (χ4v) is 7.91. The zero-order valence-corrected chi connectivity index (χ0v) is 31.5. The van der Waals surface area contributed by atoms with Gasteiger partial charge in [0.2, 0.25) is 0 Å². The topological polar surface area (TPSA) is 87.6 Å². The van der Waals surface area contributed by atoms with Gasteiger partial charge in [0.15, 0.2) is 0 Å². The summed E-state index contributed by atoms with van der Waals surface area (Å²) in [6, 6.07) is 23.6. The van der Waals surface area contributed by atoms with Crippen LogP contribution in [0, 0.1) is 6.92 Å². The molecule has 0 unspecified atom stereocenters. The van der Waals surface area contributed by atoms with Gasteiger partial charge >= 0.3 is 6.09 Å². The lowest BCUT2D eigenvalue weighted by molar-refractivity contribution is 0.0193. The Bertz CT molecular complexity index is 1970. The molecule has 4 heterocycles. The number of ether oxygens (including phenoxy) is 2. The van der Waals surface area contributed by atoms with Crippen LogP contribution >= 0.6 is 0 Å². The molecular formula is C43H51N5O5. The van der Waals surface area contributed by atoms with Gasteiger partial charge in [-0.05, 0) is 78.8 Å². The van der Waals surface area contributed by atoms with E-state index in [0.29, 0.717) is 62.7 Å². The first kappa shape index (κ1) is 36.4. The number of carbonyl (C=O) groups excluding carboxylic acids is 3. The molecule has 0 radical (unpaired) electrons. The average Bonchev–Trinajstić information content (AvgIpc) is 3.48. The van der Waals surface area contributed by atoms with Crippen LogP contribution in [-0.4, -0.2) is 101 Å². The summed E-state index contributed by atoms with van der Waals surface area (Å²) in [5.74, 6) is 0.428. The number of nitrogens with zero attached hydrogens (tertiary/aromatic N) is 5. The Hall–Kier alpha value is -4.93. The third-order valence-corrected chi connectivity index (χ3v) is 11.2. The van der Waals surface area contributed by atoms with Crippen molar-refractivity contribution in [3.63, 3.8) is 0 Å². The van der Waals surface area contributed by atoms with E-state index in [1.54, 1.807) is 21.9 Å². The standard InChI is InChI=1S/C43H51N5O5/c1-5-6-17-44(3)41(49)37-26-40(45(4)30(37)2)38-24-32-16-18-47(43(51)53-36-14-8-7-9-15-36)27-34(32)25-39(38)42(50)48-28-33-13-11-10-12-31(33)23-35(48)29-46-19-21-52-22-20-46/h7-15,24-26,35H,5-6,16-23,27-29H2,1-4H3/t35-/m0/s1. The maximum Gasteiger partial charge on any atom is 0.415 e. The summed E-state index contributed by atoms with van der Waals surface area (Å²) in [7, 11) is 3.83. The molecule has 0 N–H and O–H groups in total. The number of carbonyl (C=O) groups is 3. The smallest absolute Gasteiger partial charge is 0.410 e. The van der Waals surface area contributed by atoms with Crippen LogP contribution in [0.1, 0.15) is 68.4 Å². The maximum atomic E-state index is 15.3. The molecule has 3 aliphatic rings. The highest BCUT2D eigenvalue weighted by molar-refractivity contribution is 6.03. The van der Waals surface area contributed by atoms with Crippen molar-refractivity contribution < 1.29 is 23.9 Å². The molecule has 10 nitrogen and oxygen atoms in total. The zero-order valence-electron chi connectivity index (χ0n) is 31.5. The molecular weight excluding hydrogens is 667 g/mol. The highest BCUT2D eigenvalue weighted by Crippen LogP contribution is 2.36. The summed E-state index contributed by atoms with van der Waals surface area (Å²) in [5, 5.41) is 0. The van der Waals surface area contributed by atoms with Crippen LogP contribution in [-0.2, 0) is 37.7 Å². The van der Waals surface area contributed by atoms with E-state index in [1.165, 1.54) is 5.56 Å². The van der Waals surface area contributed by atoms with Gasteiger partial charge in [-0.25, -0.2) is 4.79 Å². The van der Waals surface area contributed by atoms with Crippen molar-refractivity contribution in [3.05, 3.63) is 112 Å². The molecule has 1 saturated heterocycles. The van der Waals surface area contributed by atoms with Crippen LogP contribution in [0.4, 0.5) is 4.79 Å². The van der Waals surface area contributed by atoms with E-state index in [1.807, 2.05) is 66.9 Å². The molecule has 1 fully saturated rings. The van der Waals surface area contributed by atoms with E-state index in [9.17, 15) is 9.59 Å². The fraction of sp³-hybridized carbons (Fsp3) is 0.419. The molecule has 3 aromatic carbocycles. The Morgan fingerprint density at radius 1 is 0.868 bits per heavy atom. The molecule has 0 saturated carbocycles. The summed E-state index contributed by atoms with van der Waals surface area (Å²) >= 11 is 0. The normalized spacial score (nSPS) is 17.2. The first-order valence-electron chi connectivity index (χ1n) is 19.0. The summed E-state index contributed by atoms with van der Waals surface area (Å²) in [6.07, 6.45) is 2.92. The van der Waals surface area contributed by atoms with Crippen molar-refractivity contribution in [1.29, 1.82) is 0 Å². The number of benzene rings is 3. The SMILES string of the molecule is CCCCN(C)C(=O)c1cc(-c2cc3c(cc2C(=O)N2Cc4ccccc4C[C@H]2CN2CCOCC2)CN(C(=O)Oc2ccccc2)CC3)n(C)c1C. The molecule has 7 rings (SSSR count). The summed E-state index contributed by atoms with van der Waals surface area (Å²) in [5.41, 5.74) is 8.16. The first-order chi connectivity index (χ1) is 25.7. The predicted molar refractivity (Wildman–Crippen MR) is 205 cm³/mol. The van der Waals surface area contributed by atoms with Gasteiger partial charge in [-0.2, -0.15) is 0 Å². The molecule has 0 bridgehead atoms. The molecule has 53 heavy (non-hydrogen) atoms. The number of unbranched alkanes of at least 4 members (excludes halogenated alkanes) is 1. The van der Waals surface area contributed by atoms with Crippen LogP contribution in [0.25, 0.3) is 11.3 Å². The van der Waals surface area contributed by atoms with Crippen molar-refractivity contribution in [2.24, 2.45) is 7.05 Å². The number of para-hydroxylation sites is 1. The second-order valence-electron chi connectivity index (χ2n) is 14.7. The van der Waals surface area contributed by atoms with E-state index in [4.69, 9.17) is 9.47 Å². The van der Waals surface area contributed by atoms with Gasteiger partial charge in [0.05, 0.1) is 18.8 Å². The Kier molecular flexibility index (Phi) is 11.0. The molecule has 10 heteroatoms. The summed E-state index contributed by atoms with van der Waals surface area (Å²) in [6.45, 7) is 9.93. The lowest BCUT2D eigenvalue weighted by Crippen LogP contribution is -2.52. The lowest BCUT2D eigenvalue weighted by atomic mass is 9.89. The van der Waals surface area contributed by atoms with Crippen molar-refractivity contribution >= 4 is 17.9 Å². The van der Waals surface area contributed by atoms with Crippen LogP contribution < -0.4 is 4.74 Å². The van der Waals surface area contributed by atoms with Gasteiger partial charge in [-0.15, -0.1) is 0 Å². The van der Waals surface area contributed by atoms with Crippen LogP contribution in [0.15, 0.2) is 72.8 Å². The minimum absolute atomic E-state index is 0.0191. The highest BCUT2D eigenvalue weighted by atomic mass is 16.6. The summed E-state index contributed by atoms with van der Waals surface area (Å²) < 4.78 is 13.4. The average molecular weight is 718 g/mol. The van der Waals surface area contributed by atoms with Crippen LogP contribution in [0.2, 0.25) is 0 Å². The number of morpholine rings is 1. The summed E-state index contributed by atoms with van der Waals surface area (Å²) in [4.78, 5) is 50.3. The second kappa shape index (κ2) is 16.0. The molecule has 0 aliphatic carbocycles. The number of hydrogen-bond acceptors (Lipinski definition) is 6. The highest BCUT2D eigenvalue weighted by Gasteiger charge is 2.35. The van der Waals surface area contributed by atoms with E-state index in [2.05, 4.69) is 36.1 Å². The molecule has 3 amide bonds. The quantitative estimate of drug-likeness (QED) is 0.201. The van der Waals surface area contributed by atoms with Crippen molar-refractivity contribution in [3.8, 4) is 17.0 Å². The van der Waals surface area contributed by atoms with E-state index >= 15 is 4.79 Å². The third kappa shape index (κ3) is 7.75. The molecule has 1 aromatic heterocycles. The fourth-order valence-electron chi connectivity index (χ4n) is 7.91. The third-order valence-electron chi connectivity index (χ3n) is 11.2. The van der Waals surface area contributed by atoms with Gasteiger partial charge in [0.1, 0.15) is 5.75 Å². The van der Waals surface area contributed by atoms with E-state index in [0.717, 1.165) is 72.5 Å². The number of hydrogen-bond donors (Lipinski definition) is 0. The Labute approximate surface area is 312 Å². The van der Waals surface area contributed by atoms with Gasteiger partial charge < -0.3 is 28.7 Å². The van der Waals surface area contributed by atoms with Gasteiger partial charge in [0.25, 0.3) is 11.8 Å². The van der Waals surface area contributed by atoms with E-state index < -0.39 is 6.09 Å². The lowest BCUT2D eigenvalue weighted by Gasteiger charge is -2.41. The first-order valence-corrected chi connectivity index (χ1v) is 19.0. The number of rotatable bonds is 9. The minimum Gasteiger partial charge on any atom is -0.410 e. The number of aromatic nitrogens is 1.